The lowest BCUT2D eigenvalue weighted by molar-refractivity contribution is 1.16. The third-order valence-electron chi connectivity index (χ3n) is 1.77. The van der Waals surface area contributed by atoms with E-state index in [0.717, 1.165) is 15.9 Å². The highest BCUT2D eigenvalue weighted by Gasteiger charge is 2.06. The van der Waals surface area contributed by atoms with Gasteiger partial charge in [0.05, 0.1) is 5.69 Å². The first-order valence-corrected chi connectivity index (χ1v) is 4.82. The molecule has 0 N–H and O–H groups in total. The average Bonchev–Trinajstić information content (AvgIpc) is 2.31. The molecule has 2 aromatic heterocycles. The number of halogens is 1. The van der Waals surface area contributed by atoms with Gasteiger partial charge >= 0.3 is 0 Å². The Morgan fingerprint density at radius 1 is 1.33 bits per heavy atom. The van der Waals surface area contributed by atoms with Gasteiger partial charge in [-0.2, -0.15) is 0 Å². The number of nitrogens with zero attached hydrogens (tertiary/aromatic N) is 2. The van der Waals surface area contributed by atoms with E-state index in [1.807, 2.05) is 6.92 Å². The molecule has 0 aliphatic heterocycles. The van der Waals surface area contributed by atoms with Crippen LogP contribution >= 0.6 is 22.9 Å². The standard InChI is InChI=1S/C8H7ClN2S/c1-4-3-12-7-6(4)5(2)10-8(9)11-7/h3H,1-2H3. The number of fused-ring (bicyclic) bond motifs is 1. The lowest BCUT2D eigenvalue weighted by Gasteiger charge is -1.96. The third kappa shape index (κ3) is 1.09. The molecular formula is C8H7ClN2S. The first kappa shape index (κ1) is 7.95. The van der Waals surface area contributed by atoms with Crippen LogP contribution in [0.15, 0.2) is 5.38 Å². The number of rotatable bonds is 0. The van der Waals surface area contributed by atoms with Crippen LogP contribution in [-0.4, -0.2) is 9.97 Å². The number of thiophene rings is 1. The molecule has 0 bridgehead atoms. The van der Waals surface area contributed by atoms with Crippen molar-refractivity contribution in [3.8, 4) is 0 Å². The number of hydrogen-bond acceptors (Lipinski definition) is 3. The summed E-state index contributed by atoms with van der Waals surface area (Å²) in [6.07, 6.45) is 0. The van der Waals surface area contributed by atoms with Crippen LogP contribution < -0.4 is 0 Å². The minimum Gasteiger partial charge on any atom is -0.223 e. The van der Waals surface area contributed by atoms with Gasteiger partial charge < -0.3 is 0 Å². The summed E-state index contributed by atoms with van der Waals surface area (Å²) in [7, 11) is 0. The SMILES string of the molecule is Cc1csc2nc(Cl)nc(C)c12. The highest BCUT2D eigenvalue weighted by molar-refractivity contribution is 7.17. The predicted octanol–water partition coefficient (Wildman–Crippen LogP) is 2.96. The molecular weight excluding hydrogens is 192 g/mol. The molecule has 0 unspecified atom stereocenters. The van der Waals surface area contributed by atoms with Crippen molar-refractivity contribution in [3.05, 3.63) is 21.9 Å². The molecule has 4 heteroatoms. The van der Waals surface area contributed by atoms with E-state index < -0.39 is 0 Å². The summed E-state index contributed by atoms with van der Waals surface area (Å²) < 4.78 is 0. The highest BCUT2D eigenvalue weighted by atomic mass is 35.5. The summed E-state index contributed by atoms with van der Waals surface area (Å²) in [6.45, 7) is 4.01. The summed E-state index contributed by atoms with van der Waals surface area (Å²) in [5.74, 6) is 0. The van der Waals surface area contributed by atoms with E-state index in [2.05, 4.69) is 22.3 Å². The molecule has 12 heavy (non-hydrogen) atoms. The Morgan fingerprint density at radius 2 is 2.08 bits per heavy atom. The summed E-state index contributed by atoms with van der Waals surface area (Å²) >= 11 is 7.32. The Kier molecular flexibility index (Phi) is 1.77. The number of aryl methyl sites for hydroxylation is 2. The summed E-state index contributed by atoms with van der Waals surface area (Å²) in [6, 6.07) is 0. The number of hydrogen-bond donors (Lipinski definition) is 0. The van der Waals surface area contributed by atoms with Crippen molar-refractivity contribution in [2.75, 3.05) is 0 Å². The fourth-order valence-corrected chi connectivity index (χ4v) is 2.49. The van der Waals surface area contributed by atoms with Crippen LogP contribution in [0.3, 0.4) is 0 Å². The second-order valence-corrected chi connectivity index (χ2v) is 3.87. The molecule has 2 rings (SSSR count). The zero-order chi connectivity index (χ0) is 8.72. The largest absolute Gasteiger partial charge is 0.223 e. The first-order chi connectivity index (χ1) is 5.68. The topological polar surface area (TPSA) is 25.8 Å². The van der Waals surface area contributed by atoms with Crippen molar-refractivity contribution in [3.63, 3.8) is 0 Å². The van der Waals surface area contributed by atoms with Gasteiger partial charge in [0.2, 0.25) is 5.28 Å². The molecule has 0 aliphatic rings. The summed E-state index contributed by atoms with van der Waals surface area (Å²) in [5, 5.41) is 3.55. The molecule has 0 amide bonds. The van der Waals surface area contributed by atoms with E-state index in [1.165, 1.54) is 5.56 Å². The fraction of sp³-hybridized carbons (Fsp3) is 0.250. The van der Waals surface area contributed by atoms with Gasteiger partial charge in [0, 0.05) is 5.39 Å². The quantitative estimate of drug-likeness (QED) is 0.609. The third-order valence-corrected chi connectivity index (χ3v) is 2.93. The molecule has 0 spiro atoms. The smallest absolute Gasteiger partial charge is 0.223 e. The van der Waals surface area contributed by atoms with E-state index in [9.17, 15) is 0 Å². The highest BCUT2D eigenvalue weighted by Crippen LogP contribution is 2.26. The van der Waals surface area contributed by atoms with Crippen molar-refractivity contribution in [1.82, 2.24) is 9.97 Å². The molecule has 0 aliphatic carbocycles. The first-order valence-electron chi connectivity index (χ1n) is 3.56. The predicted molar refractivity (Wildman–Crippen MR) is 51.9 cm³/mol. The molecule has 2 nitrogen and oxygen atoms in total. The second kappa shape index (κ2) is 2.68. The van der Waals surface area contributed by atoms with Crippen LogP contribution in [0.2, 0.25) is 5.28 Å². The van der Waals surface area contributed by atoms with Crippen molar-refractivity contribution in [2.45, 2.75) is 13.8 Å². The molecule has 0 fully saturated rings. The maximum absolute atomic E-state index is 5.72. The van der Waals surface area contributed by atoms with Gasteiger partial charge in [0.15, 0.2) is 0 Å². The zero-order valence-corrected chi connectivity index (χ0v) is 8.33. The van der Waals surface area contributed by atoms with Crippen molar-refractivity contribution in [2.24, 2.45) is 0 Å². The van der Waals surface area contributed by atoms with Crippen LogP contribution in [0.25, 0.3) is 10.2 Å². The van der Waals surface area contributed by atoms with Gasteiger partial charge in [0.25, 0.3) is 0 Å². The van der Waals surface area contributed by atoms with Gasteiger partial charge in [-0.05, 0) is 36.4 Å². The molecule has 62 valence electrons. The molecule has 2 aromatic rings. The van der Waals surface area contributed by atoms with Crippen molar-refractivity contribution < 1.29 is 0 Å². The van der Waals surface area contributed by atoms with Crippen LogP contribution in [-0.2, 0) is 0 Å². The van der Waals surface area contributed by atoms with E-state index in [0.29, 0.717) is 5.28 Å². The van der Waals surface area contributed by atoms with Crippen LogP contribution in [0.1, 0.15) is 11.3 Å². The minimum atomic E-state index is 0.335. The lowest BCUT2D eigenvalue weighted by Crippen LogP contribution is -1.87. The minimum absolute atomic E-state index is 0.335. The average molecular weight is 199 g/mol. The Labute approximate surface area is 79.2 Å². The van der Waals surface area contributed by atoms with E-state index in [-0.39, 0.29) is 0 Å². The van der Waals surface area contributed by atoms with Crippen LogP contribution in [0, 0.1) is 13.8 Å². The van der Waals surface area contributed by atoms with Gasteiger partial charge in [-0.3, -0.25) is 0 Å². The van der Waals surface area contributed by atoms with Gasteiger partial charge in [-0.15, -0.1) is 11.3 Å². The van der Waals surface area contributed by atoms with Crippen LogP contribution in [0.5, 0.6) is 0 Å². The van der Waals surface area contributed by atoms with Gasteiger partial charge in [-0.25, -0.2) is 9.97 Å². The number of aromatic nitrogens is 2. The fourth-order valence-electron chi connectivity index (χ4n) is 1.26. The Bertz CT molecular complexity index is 436. The molecule has 0 atom stereocenters. The van der Waals surface area contributed by atoms with Gasteiger partial charge in [-0.1, -0.05) is 0 Å². The van der Waals surface area contributed by atoms with Gasteiger partial charge in [0.1, 0.15) is 4.83 Å². The Morgan fingerprint density at radius 3 is 2.83 bits per heavy atom. The monoisotopic (exact) mass is 198 g/mol. The molecule has 0 saturated heterocycles. The maximum Gasteiger partial charge on any atom is 0.223 e. The van der Waals surface area contributed by atoms with Crippen LogP contribution in [0.4, 0.5) is 0 Å². The van der Waals surface area contributed by atoms with Crippen molar-refractivity contribution >= 4 is 33.2 Å². The molecule has 0 radical (unpaired) electrons. The van der Waals surface area contributed by atoms with Crippen molar-refractivity contribution in [1.29, 1.82) is 0 Å². The molecule has 0 saturated carbocycles. The zero-order valence-electron chi connectivity index (χ0n) is 6.76. The molecule has 0 aromatic carbocycles. The van der Waals surface area contributed by atoms with E-state index in [4.69, 9.17) is 11.6 Å². The van der Waals surface area contributed by atoms with E-state index >= 15 is 0 Å². The summed E-state index contributed by atoms with van der Waals surface area (Å²) in [4.78, 5) is 9.20. The maximum atomic E-state index is 5.72. The summed E-state index contributed by atoms with van der Waals surface area (Å²) in [5.41, 5.74) is 2.19. The second-order valence-electron chi connectivity index (χ2n) is 2.68. The lowest BCUT2D eigenvalue weighted by atomic mass is 10.2. The van der Waals surface area contributed by atoms with E-state index in [1.54, 1.807) is 11.3 Å². The molecule has 2 heterocycles. The normalized spacial score (nSPS) is 10.9. The Balaban J connectivity index is 2.93. The Hall–Kier alpha value is -0.670.